The first-order valence-electron chi connectivity index (χ1n) is 9.07. The van der Waals surface area contributed by atoms with E-state index in [1.165, 1.54) is 10.5 Å². The van der Waals surface area contributed by atoms with Gasteiger partial charge >= 0.3 is 0 Å². The van der Waals surface area contributed by atoms with E-state index in [2.05, 4.69) is 12.1 Å². The number of anilines is 1. The number of carbonyl (C=O) groups excluding carboxylic acids is 2. The van der Waals surface area contributed by atoms with E-state index in [0.29, 0.717) is 22.0 Å². The molecule has 2 amide bonds. The van der Waals surface area contributed by atoms with Crippen LogP contribution in [0.25, 0.3) is 0 Å². The molecule has 5 nitrogen and oxygen atoms in total. The molecular weight excluding hydrogens is 364 g/mol. The number of rotatable bonds is 5. The van der Waals surface area contributed by atoms with Gasteiger partial charge in [0.1, 0.15) is 11.6 Å². The maximum Gasteiger partial charge on any atom is 0.278 e. The van der Waals surface area contributed by atoms with Crippen molar-refractivity contribution in [2.75, 3.05) is 4.90 Å². The van der Waals surface area contributed by atoms with Crippen LogP contribution < -0.4 is 4.90 Å². The van der Waals surface area contributed by atoms with E-state index in [0.717, 1.165) is 19.3 Å². The van der Waals surface area contributed by atoms with Crippen molar-refractivity contribution < 1.29 is 14.4 Å². The third kappa shape index (κ3) is 3.02. The molecule has 0 aliphatic carbocycles. The lowest BCUT2D eigenvalue weighted by Gasteiger charge is -2.16. The van der Waals surface area contributed by atoms with E-state index >= 15 is 0 Å². The van der Waals surface area contributed by atoms with Crippen molar-refractivity contribution in [3.63, 3.8) is 0 Å². The molecule has 0 bridgehead atoms. The van der Waals surface area contributed by atoms with Crippen LogP contribution in [0, 0.1) is 5.92 Å². The molecule has 1 fully saturated rings. The number of unbranched alkanes of at least 4 members (excludes halogenated alkanes) is 1. The van der Waals surface area contributed by atoms with Crippen LogP contribution in [0.5, 0.6) is 0 Å². The van der Waals surface area contributed by atoms with Crippen LogP contribution in [-0.4, -0.2) is 23.6 Å². The first-order valence-corrected chi connectivity index (χ1v) is 9.45. The van der Waals surface area contributed by atoms with Crippen LogP contribution >= 0.6 is 11.6 Å². The Morgan fingerprint density at radius 2 is 1.81 bits per heavy atom. The maximum atomic E-state index is 13.1. The number of hydrogen-bond acceptors (Lipinski definition) is 4. The molecule has 2 atom stereocenters. The first kappa shape index (κ1) is 17.7. The molecular formula is C21H19ClN2O3. The van der Waals surface area contributed by atoms with Gasteiger partial charge < -0.3 is 4.84 Å². The first-order chi connectivity index (χ1) is 13.1. The van der Waals surface area contributed by atoms with Gasteiger partial charge in [-0.2, -0.15) is 0 Å². The van der Waals surface area contributed by atoms with Gasteiger partial charge in [0.2, 0.25) is 12.0 Å². The Balaban J connectivity index is 1.61. The SMILES string of the molecule is CCCCc1ccc(N2C(=O)C3ON=C(c4ccccc4Cl)C3C2=O)cc1. The van der Waals surface area contributed by atoms with Crippen molar-refractivity contribution in [3.05, 3.63) is 64.7 Å². The van der Waals surface area contributed by atoms with E-state index in [1.54, 1.807) is 18.2 Å². The number of nitrogens with zero attached hydrogens (tertiary/aromatic N) is 2. The van der Waals surface area contributed by atoms with E-state index in [4.69, 9.17) is 16.4 Å². The molecule has 0 N–H and O–H groups in total. The van der Waals surface area contributed by atoms with Gasteiger partial charge in [-0.25, -0.2) is 4.90 Å². The van der Waals surface area contributed by atoms with E-state index in [9.17, 15) is 9.59 Å². The summed E-state index contributed by atoms with van der Waals surface area (Å²) in [6, 6.07) is 14.7. The topological polar surface area (TPSA) is 59.0 Å². The van der Waals surface area contributed by atoms with Crippen molar-refractivity contribution >= 4 is 34.8 Å². The van der Waals surface area contributed by atoms with Gasteiger partial charge in [-0.15, -0.1) is 0 Å². The third-order valence-corrected chi connectivity index (χ3v) is 5.31. The van der Waals surface area contributed by atoms with Crippen molar-refractivity contribution in [1.29, 1.82) is 0 Å². The lowest BCUT2D eigenvalue weighted by Crippen LogP contribution is -2.33. The summed E-state index contributed by atoms with van der Waals surface area (Å²) in [6.07, 6.45) is 2.28. The van der Waals surface area contributed by atoms with Gasteiger partial charge in [0.25, 0.3) is 5.91 Å². The summed E-state index contributed by atoms with van der Waals surface area (Å²) in [5, 5.41) is 4.46. The molecule has 2 aliphatic rings. The lowest BCUT2D eigenvalue weighted by molar-refractivity contribution is -0.126. The highest BCUT2D eigenvalue weighted by Crippen LogP contribution is 2.36. The Labute approximate surface area is 162 Å². The smallest absolute Gasteiger partial charge is 0.278 e. The summed E-state index contributed by atoms with van der Waals surface area (Å²) in [7, 11) is 0. The quantitative estimate of drug-likeness (QED) is 0.735. The zero-order chi connectivity index (χ0) is 19.0. The zero-order valence-corrected chi connectivity index (χ0v) is 15.6. The fraction of sp³-hybridized carbons (Fsp3) is 0.286. The van der Waals surface area contributed by atoms with Crippen molar-refractivity contribution in [2.24, 2.45) is 11.1 Å². The van der Waals surface area contributed by atoms with Gasteiger partial charge in [-0.05, 0) is 36.6 Å². The predicted octanol–water partition coefficient (Wildman–Crippen LogP) is 3.98. The molecule has 2 aliphatic heterocycles. The highest BCUT2D eigenvalue weighted by Gasteiger charge is 2.56. The molecule has 0 spiro atoms. The number of halogens is 1. The minimum atomic E-state index is -0.927. The number of benzene rings is 2. The summed E-state index contributed by atoms with van der Waals surface area (Å²) in [4.78, 5) is 32.4. The summed E-state index contributed by atoms with van der Waals surface area (Å²) in [5.74, 6) is -1.49. The molecule has 27 heavy (non-hydrogen) atoms. The van der Waals surface area contributed by atoms with Crippen LogP contribution in [0.4, 0.5) is 5.69 Å². The highest BCUT2D eigenvalue weighted by atomic mass is 35.5. The highest BCUT2D eigenvalue weighted by molar-refractivity contribution is 6.38. The second-order valence-corrected chi connectivity index (χ2v) is 7.15. The van der Waals surface area contributed by atoms with E-state index < -0.39 is 17.9 Å². The van der Waals surface area contributed by atoms with Crippen LogP contribution in [0.2, 0.25) is 5.02 Å². The average Bonchev–Trinajstić information content (AvgIpc) is 3.21. The number of amides is 2. The molecule has 0 aromatic heterocycles. The molecule has 2 heterocycles. The van der Waals surface area contributed by atoms with Crippen LogP contribution in [-0.2, 0) is 20.8 Å². The summed E-state index contributed by atoms with van der Waals surface area (Å²) >= 11 is 6.25. The number of hydrogen-bond donors (Lipinski definition) is 0. The summed E-state index contributed by atoms with van der Waals surface area (Å²) in [6.45, 7) is 2.15. The summed E-state index contributed by atoms with van der Waals surface area (Å²) in [5.41, 5.74) is 2.77. The van der Waals surface area contributed by atoms with E-state index in [1.807, 2.05) is 30.3 Å². The largest absolute Gasteiger partial charge is 0.381 e. The van der Waals surface area contributed by atoms with Crippen molar-refractivity contribution in [3.8, 4) is 0 Å². The molecule has 138 valence electrons. The summed E-state index contributed by atoms with van der Waals surface area (Å²) < 4.78 is 0. The molecule has 2 aromatic carbocycles. The average molecular weight is 383 g/mol. The number of oxime groups is 1. The Kier molecular flexibility index (Phi) is 4.70. The maximum absolute atomic E-state index is 13.1. The third-order valence-electron chi connectivity index (χ3n) is 4.98. The zero-order valence-electron chi connectivity index (χ0n) is 14.9. The Morgan fingerprint density at radius 3 is 2.52 bits per heavy atom. The van der Waals surface area contributed by atoms with E-state index in [-0.39, 0.29) is 5.91 Å². The molecule has 2 unspecified atom stereocenters. The molecule has 0 radical (unpaired) electrons. The van der Waals surface area contributed by atoms with Crippen molar-refractivity contribution in [2.45, 2.75) is 32.3 Å². The predicted molar refractivity (Wildman–Crippen MR) is 104 cm³/mol. The number of aryl methyl sites for hydroxylation is 1. The fourth-order valence-electron chi connectivity index (χ4n) is 3.52. The number of imide groups is 1. The molecule has 2 aromatic rings. The van der Waals surface area contributed by atoms with Crippen LogP contribution in [0.15, 0.2) is 53.7 Å². The van der Waals surface area contributed by atoms with Gasteiger partial charge in [0.05, 0.1) is 5.69 Å². The molecule has 0 saturated carbocycles. The minimum Gasteiger partial charge on any atom is -0.381 e. The van der Waals surface area contributed by atoms with Gasteiger partial charge in [0, 0.05) is 10.6 Å². The standard InChI is InChI=1S/C21H19ClN2O3/c1-2-3-6-13-9-11-14(12-10-13)24-20(25)17-18(23-27-19(17)21(24)26)15-7-4-5-8-16(15)22/h4-5,7-12,17,19H,2-3,6H2,1H3. The monoisotopic (exact) mass is 382 g/mol. The second-order valence-electron chi connectivity index (χ2n) is 6.74. The fourth-order valence-corrected chi connectivity index (χ4v) is 3.75. The Morgan fingerprint density at radius 1 is 1.07 bits per heavy atom. The molecule has 4 rings (SSSR count). The second kappa shape index (κ2) is 7.16. The molecule has 6 heteroatoms. The Hall–Kier alpha value is -2.66. The minimum absolute atomic E-state index is 0.331. The van der Waals surface area contributed by atoms with Crippen molar-refractivity contribution in [1.82, 2.24) is 0 Å². The van der Waals surface area contributed by atoms with Gasteiger partial charge in [-0.1, -0.05) is 60.4 Å². The Bertz CT molecular complexity index is 923. The lowest BCUT2D eigenvalue weighted by atomic mass is 9.94. The normalized spacial score (nSPS) is 21.3. The van der Waals surface area contributed by atoms with Crippen LogP contribution in [0.1, 0.15) is 30.9 Å². The number of fused-ring (bicyclic) bond motifs is 1. The van der Waals surface area contributed by atoms with Gasteiger partial charge in [-0.3, -0.25) is 9.59 Å². The van der Waals surface area contributed by atoms with Crippen LogP contribution in [0.3, 0.4) is 0 Å². The number of carbonyl (C=O) groups is 2. The molecule has 1 saturated heterocycles. The van der Waals surface area contributed by atoms with Gasteiger partial charge in [0.15, 0.2) is 0 Å².